The number of hydrogen-bond donors (Lipinski definition) is 0. The van der Waals surface area contributed by atoms with Gasteiger partial charge in [0.1, 0.15) is 0 Å². The summed E-state index contributed by atoms with van der Waals surface area (Å²) in [5, 5.41) is 0. The molecule has 0 saturated heterocycles. The first-order valence-electron chi connectivity index (χ1n) is 5.08. The summed E-state index contributed by atoms with van der Waals surface area (Å²) in [7, 11) is 0.0319. The molecule has 87 valence electrons. The van der Waals surface area contributed by atoms with Gasteiger partial charge in [-0.1, -0.05) is 36.4 Å². The normalized spacial score (nSPS) is 11.1. The smallest absolute Gasteiger partial charge is 0.264 e. The fourth-order valence-corrected chi connectivity index (χ4v) is 2.61. The summed E-state index contributed by atoms with van der Waals surface area (Å²) >= 11 is 0. The molecule has 0 spiro atoms. The van der Waals surface area contributed by atoms with Crippen molar-refractivity contribution in [1.82, 2.24) is 0 Å². The van der Waals surface area contributed by atoms with E-state index in [2.05, 4.69) is 7.05 Å². The summed E-state index contributed by atoms with van der Waals surface area (Å²) in [6.07, 6.45) is 0. The van der Waals surface area contributed by atoms with Gasteiger partial charge in [-0.2, -0.15) is 0 Å². The molecule has 0 unspecified atom stereocenters. The van der Waals surface area contributed by atoms with Crippen molar-refractivity contribution in [3.63, 3.8) is 0 Å². The van der Waals surface area contributed by atoms with E-state index in [0.717, 1.165) is 4.31 Å². The van der Waals surface area contributed by atoms with Crippen LogP contribution in [0.4, 0.5) is 5.69 Å². The lowest BCUT2D eigenvalue weighted by Gasteiger charge is -2.18. The molecule has 0 aliphatic heterocycles. The number of hydrogen-bond acceptors (Lipinski definition) is 2. The van der Waals surface area contributed by atoms with E-state index in [-0.39, 0.29) is 4.90 Å². The van der Waals surface area contributed by atoms with Crippen molar-refractivity contribution in [2.24, 2.45) is 0 Å². The van der Waals surface area contributed by atoms with Crippen LogP contribution in [-0.4, -0.2) is 8.42 Å². The number of benzene rings is 2. The Balaban J connectivity index is 2.41. The fraction of sp³-hybridized carbons (Fsp3) is 0. The van der Waals surface area contributed by atoms with Crippen molar-refractivity contribution >= 4 is 15.7 Å². The van der Waals surface area contributed by atoms with E-state index in [0.29, 0.717) is 5.69 Å². The first-order chi connectivity index (χ1) is 8.12. The van der Waals surface area contributed by atoms with Crippen LogP contribution in [-0.2, 0) is 10.0 Å². The van der Waals surface area contributed by atoms with Gasteiger partial charge in [0.2, 0.25) is 0 Å². The zero-order chi connectivity index (χ0) is 12.3. The Bertz CT molecular complexity index is 579. The van der Waals surface area contributed by atoms with Gasteiger partial charge in [0, 0.05) is 0 Å². The van der Waals surface area contributed by atoms with Crippen LogP contribution in [0.2, 0.25) is 0 Å². The molecule has 2 aromatic rings. The Morgan fingerprint density at radius 2 is 1.29 bits per heavy atom. The molecule has 4 heteroatoms. The minimum atomic E-state index is -3.57. The topological polar surface area (TPSA) is 37.4 Å². The Labute approximate surface area is 101 Å². The predicted molar refractivity (Wildman–Crippen MR) is 67.9 cm³/mol. The standard InChI is InChI=1S/C13H12NO2S/c1-14(12-8-4-2-5-9-12)17(15,16)13-10-6-3-7-11-13/h2-11H,1H2. The monoisotopic (exact) mass is 246 g/mol. The van der Waals surface area contributed by atoms with E-state index in [4.69, 9.17) is 0 Å². The first-order valence-corrected chi connectivity index (χ1v) is 6.52. The van der Waals surface area contributed by atoms with Gasteiger partial charge in [0.05, 0.1) is 17.6 Å². The van der Waals surface area contributed by atoms with E-state index in [1.807, 2.05) is 6.07 Å². The van der Waals surface area contributed by atoms with Gasteiger partial charge in [0.25, 0.3) is 10.0 Å². The van der Waals surface area contributed by atoms with Crippen molar-refractivity contribution in [2.75, 3.05) is 4.31 Å². The lowest BCUT2D eigenvalue weighted by Crippen LogP contribution is -2.24. The summed E-state index contributed by atoms with van der Waals surface area (Å²) in [4.78, 5) is 0.235. The third kappa shape index (κ3) is 2.31. The highest BCUT2D eigenvalue weighted by atomic mass is 32.2. The van der Waals surface area contributed by atoms with E-state index in [9.17, 15) is 8.42 Å². The highest BCUT2D eigenvalue weighted by Crippen LogP contribution is 2.21. The maximum absolute atomic E-state index is 12.2. The Kier molecular flexibility index (Phi) is 3.15. The van der Waals surface area contributed by atoms with Gasteiger partial charge in [0.15, 0.2) is 0 Å². The van der Waals surface area contributed by atoms with Gasteiger partial charge in [-0.15, -0.1) is 0 Å². The number of sulfonamides is 1. The summed E-state index contributed by atoms with van der Waals surface area (Å²) in [6.45, 7) is 0. The third-order valence-corrected chi connectivity index (χ3v) is 4.03. The van der Waals surface area contributed by atoms with Crippen LogP contribution in [0.3, 0.4) is 0 Å². The number of para-hydroxylation sites is 1. The molecule has 2 rings (SSSR count). The van der Waals surface area contributed by atoms with Crippen molar-refractivity contribution in [3.8, 4) is 0 Å². The van der Waals surface area contributed by atoms with E-state index in [1.165, 1.54) is 0 Å². The maximum atomic E-state index is 12.2. The van der Waals surface area contributed by atoms with Gasteiger partial charge in [-0.25, -0.2) is 8.42 Å². The highest BCUT2D eigenvalue weighted by molar-refractivity contribution is 7.92. The Hall–Kier alpha value is -1.81. The molecule has 0 N–H and O–H groups in total. The maximum Gasteiger partial charge on any atom is 0.264 e. The SMILES string of the molecule is [CH2]N(c1ccccc1)S(=O)(=O)c1ccccc1. The molecule has 0 atom stereocenters. The molecule has 0 saturated carbocycles. The molecule has 2 aromatic carbocycles. The van der Waals surface area contributed by atoms with Crippen LogP contribution in [0.25, 0.3) is 0 Å². The Morgan fingerprint density at radius 3 is 1.82 bits per heavy atom. The Morgan fingerprint density at radius 1 is 0.824 bits per heavy atom. The number of anilines is 1. The van der Waals surface area contributed by atoms with Gasteiger partial charge >= 0.3 is 0 Å². The van der Waals surface area contributed by atoms with E-state index < -0.39 is 10.0 Å². The van der Waals surface area contributed by atoms with Crippen LogP contribution in [0.1, 0.15) is 0 Å². The highest BCUT2D eigenvalue weighted by Gasteiger charge is 2.20. The molecule has 0 aliphatic rings. The second-order valence-corrected chi connectivity index (χ2v) is 5.36. The van der Waals surface area contributed by atoms with Crippen LogP contribution in [0.15, 0.2) is 65.6 Å². The van der Waals surface area contributed by atoms with Gasteiger partial charge in [-0.3, -0.25) is 4.31 Å². The molecule has 1 radical (unpaired) electrons. The van der Waals surface area contributed by atoms with E-state index >= 15 is 0 Å². The molecule has 3 nitrogen and oxygen atoms in total. The summed E-state index contributed by atoms with van der Waals surface area (Å²) in [5.41, 5.74) is 0.538. The average molecular weight is 246 g/mol. The molecule has 0 aromatic heterocycles. The van der Waals surface area contributed by atoms with Crippen molar-refractivity contribution in [2.45, 2.75) is 4.90 Å². The number of nitrogens with zero attached hydrogens (tertiary/aromatic N) is 1. The second kappa shape index (κ2) is 4.59. The molecule has 0 aliphatic carbocycles. The van der Waals surface area contributed by atoms with Crippen LogP contribution in [0, 0.1) is 7.05 Å². The lowest BCUT2D eigenvalue weighted by molar-refractivity contribution is 0.595. The van der Waals surface area contributed by atoms with Crippen LogP contribution in [0.5, 0.6) is 0 Å². The minimum Gasteiger partial charge on any atom is -0.265 e. The minimum absolute atomic E-state index is 0.235. The molecule has 0 heterocycles. The average Bonchev–Trinajstić information content (AvgIpc) is 2.40. The second-order valence-electron chi connectivity index (χ2n) is 3.50. The molecule has 0 amide bonds. The third-order valence-electron chi connectivity index (χ3n) is 2.38. The quantitative estimate of drug-likeness (QED) is 0.835. The van der Waals surface area contributed by atoms with Crippen LogP contribution >= 0.6 is 0 Å². The van der Waals surface area contributed by atoms with E-state index in [1.54, 1.807) is 54.6 Å². The number of rotatable bonds is 3. The molecular formula is C13H12NO2S. The summed E-state index contributed by atoms with van der Waals surface area (Å²) < 4.78 is 25.4. The van der Waals surface area contributed by atoms with Crippen molar-refractivity contribution < 1.29 is 8.42 Å². The molecule has 0 bridgehead atoms. The zero-order valence-electron chi connectivity index (χ0n) is 9.15. The van der Waals surface area contributed by atoms with Gasteiger partial charge in [-0.05, 0) is 24.3 Å². The summed E-state index contributed by atoms with van der Waals surface area (Å²) in [6, 6.07) is 17.0. The molecular weight excluding hydrogens is 234 g/mol. The zero-order valence-corrected chi connectivity index (χ0v) is 9.97. The largest absolute Gasteiger partial charge is 0.265 e. The van der Waals surface area contributed by atoms with Crippen molar-refractivity contribution in [3.05, 3.63) is 67.7 Å². The summed E-state index contributed by atoms with van der Waals surface area (Å²) in [5.74, 6) is 0. The predicted octanol–water partition coefficient (Wildman–Crippen LogP) is 2.67. The first kappa shape index (κ1) is 11.7. The van der Waals surface area contributed by atoms with Crippen molar-refractivity contribution in [1.29, 1.82) is 0 Å². The van der Waals surface area contributed by atoms with Gasteiger partial charge < -0.3 is 0 Å². The lowest BCUT2D eigenvalue weighted by atomic mass is 10.3. The van der Waals surface area contributed by atoms with Crippen LogP contribution < -0.4 is 4.31 Å². The fourth-order valence-electron chi connectivity index (χ4n) is 1.45. The molecule has 17 heavy (non-hydrogen) atoms. The molecule has 0 fully saturated rings.